The molecule has 1 heterocycles. The number of ether oxygens (including phenoxy) is 1. The standard InChI is InChI=1S/C19H19ClFN3O2/c20-14-8-6-13(7-9-14)18(25)24-19(22-12-17-5-2-10-26-17)23-16-4-1-3-15(21)11-16/h1,3-4,6-9,11,17H,2,5,10,12H2,(H2,22,23,24,25). The molecular weight excluding hydrogens is 357 g/mol. The van der Waals surface area contributed by atoms with Crippen molar-refractivity contribution < 1.29 is 13.9 Å². The van der Waals surface area contributed by atoms with Crippen LogP contribution >= 0.6 is 11.6 Å². The molecule has 136 valence electrons. The van der Waals surface area contributed by atoms with E-state index in [0.29, 0.717) is 22.8 Å². The fourth-order valence-electron chi connectivity index (χ4n) is 2.58. The fraction of sp³-hybridized carbons (Fsp3) is 0.263. The maximum absolute atomic E-state index is 13.4. The second-order valence-corrected chi connectivity index (χ2v) is 6.36. The van der Waals surface area contributed by atoms with Gasteiger partial charge in [0, 0.05) is 22.9 Å². The molecule has 2 aromatic rings. The van der Waals surface area contributed by atoms with Crippen molar-refractivity contribution in [2.24, 2.45) is 4.99 Å². The fourth-order valence-corrected chi connectivity index (χ4v) is 2.70. The Morgan fingerprint density at radius 2 is 2.08 bits per heavy atom. The highest BCUT2D eigenvalue weighted by molar-refractivity contribution is 6.30. The van der Waals surface area contributed by atoms with Gasteiger partial charge in [0.05, 0.1) is 12.6 Å². The molecule has 1 fully saturated rings. The van der Waals surface area contributed by atoms with Gasteiger partial charge in [-0.25, -0.2) is 9.38 Å². The number of hydrogen-bond donors (Lipinski definition) is 2. The molecule has 0 saturated carbocycles. The third-order valence-corrected chi connectivity index (χ3v) is 4.15. The lowest BCUT2D eigenvalue weighted by Crippen LogP contribution is -2.36. The number of guanidine groups is 1. The molecule has 0 spiro atoms. The van der Waals surface area contributed by atoms with Gasteiger partial charge >= 0.3 is 0 Å². The van der Waals surface area contributed by atoms with E-state index >= 15 is 0 Å². The summed E-state index contributed by atoms with van der Waals surface area (Å²) in [5, 5.41) is 6.22. The van der Waals surface area contributed by atoms with Crippen molar-refractivity contribution >= 4 is 29.2 Å². The van der Waals surface area contributed by atoms with Gasteiger partial charge in [0.1, 0.15) is 5.82 Å². The first-order valence-electron chi connectivity index (χ1n) is 8.36. The molecule has 0 radical (unpaired) electrons. The third-order valence-electron chi connectivity index (χ3n) is 3.90. The van der Waals surface area contributed by atoms with Crippen molar-refractivity contribution in [2.45, 2.75) is 18.9 Å². The SMILES string of the molecule is O=C(NC(=NCC1CCCO1)Nc1cccc(F)c1)c1ccc(Cl)cc1. The lowest BCUT2D eigenvalue weighted by Gasteiger charge is -2.13. The number of halogens is 2. The van der Waals surface area contributed by atoms with Gasteiger partial charge in [-0.2, -0.15) is 0 Å². The number of nitrogens with zero attached hydrogens (tertiary/aromatic N) is 1. The van der Waals surface area contributed by atoms with Crippen LogP contribution in [0.4, 0.5) is 10.1 Å². The number of hydrogen-bond acceptors (Lipinski definition) is 3. The molecule has 1 unspecified atom stereocenters. The van der Waals surface area contributed by atoms with Crippen molar-refractivity contribution in [3.63, 3.8) is 0 Å². The second kappa shape index (κ2) is 8.78. The van der Waals surface area contributed by atoms with Crippen molar-refractivity contribution in [2.75, 3.05) is 18.5 Å². The Labute approximate surface area is 156 Å². The molecule has 5 nitrogen and oxygen atoms in total. The summed E-state index contributed by atoms with van der Waals surface area (Å²) in [6, 6.07) is 12.5. The van der Waals surface area contributed by atoms with E-state index < -0.39 is 0 Å². The quantitative estimate of drug-likeness (QED) is 0.630. The van der Waals surface area contributed by atoms with E-state index in [1.54, 1.807) is 36.4 Å². The van der Waals surface area contributed by atoms with Crippen LogP contribution in [0.1, 0.15) is 23.2 Å². The van der Waals surface area contributed by atoms with E-state index in [0.717, 1.165) is 19.4 Å². The Kier molecular flexibility index (Phi) is 6.20. The van der Waals surface area contributed by atoms with Gasteiger partial charge in [0.2, 0.25) is 5.96 Å². The predicted molar refractivity (Wildman–Crippen MR) is 100 cm³/mol. The molecule has 26 heavy (non-hydrogen) atoms. The number of carbonyl (C=O) groups is 1. The molecule has 0 bridgehead atoms. The third kappa shape index (κ3) is 5.28. The van der Waals surface area contributed by atoms with Gasteiger partial charge in [-0.15, -0.1) is 0 Å². The number of benzene rings is 2. The molecule has 1 saturated heterocycles. The van der Waals surface area contributed by atoms with Gasteiger partial charge < -0.3 is 10.1 Å². The normalized spacial score (nSPS) is 17.2. The minimum atomic E-state index is -0.377. The predicted octanol–water partition coefficient (Wildman–Crippen LogP) is 3.86. The zero-order chi connectivity index (χ0) is 18.4. The van der Waals surface area contributed by atoms with Crippen molar-refractivity contribution in [3.8, 4) is 0 Å². The Hall–Kier alpha value is -2.44. The van der Waals surface area contributed by atoms with E-state index in [4.69, 9.17) is 16.3 Å². The molecular formula is C19H19ClFN3O2. The summed E-state index contributed by atoms with van der Waals surface area (Å²) in [6.07, 6.45) is 1.97. The Bertz CT molecular complexity index is 790. The molecule has 3 rings (SSSR count). The van der Waals surface area contributed by atoms with Crippen LogP contribution in [0.15, 0.2) is 53.5 Å². The Balaban J connectivity index is 1.73. The van der Waals surface area contributed by atoms with Crippen LogP contribution in [0.25, 0.3) is 0 Å². The highest BCUT2D eigenvalue weighted by Crippen LogP contribution is 2.13. The molecule has 2 N–H and O–H groups in total. The van der Waals surface area contributed by atoms with Crippen LogP contribution in [-0.2, 0) is 4.74 Å². The summed E-state index contributed by atoms with van der Waals surface area (Å²) >= 11 is 5.85. The van der Waals surface area contributed by atoms with Crippen molar-refractivity contribution in [3.05, 3.63) is 64.9 Å². The largest absolute Gasteiger partial charge is 0.376 e. The van der Waals surface area contributed by atoms with E-state index in [-0.39, 0.29) is 23.8 Å². The van der Waals surface area contributed by atoms with Crippen LogP contribution in [0.3, 0.4) is 0 Å². The number of nitrogens with one attached hydrogen (secondary N) is 2. The van der Waals surface area contributed by atoms with Crippen molar-refractivity contribution in [1.82, 2.24) is 5.32 Å². The highest BCUT2D eigenvalue weighted by atomic mass is 35.5. The first-order chi connectivity index (χ1) is 12.6. The first kappa shape index (κ1) is 18.4. The summed E-state index contributed by atoms with van der Waals surface area (Å²) in [7, 11) is 0. The summed E-state index contributed by atoms with van der Waals surface area (Å²) in [5.74, 6) is -0.472. The summed E-state index contributed by atoms with van der Waals surface area (Å²) in [4.78, 5) is 16.9. The number of aliphatic imine (C=N–C) groups is 1. The van der Waals surface area contributed by atoms with Crippen LogP contribution in [-0.4, -0.2) is 31.1 Å². The number of amides is 1. The minimum Gasteiger partial charge on any atom is -0.376 e. The zero-order valence-electron chi connectivity index (χ0n) is 14.0. The van der Waals surface area contributed by atoms with Crippen LogP contribution in [0.5, 0.6) is 0 Å². The molecule has 0 aliphatic carbocycles. The maximum Gasteiger partial charge on any atom is 0.257 e. The maximum atomic E-state index is 13.4. The lowest BCUT2D eigenvalue weighted by molar-refractivity contribution is 0.0975. The van der Waals surface area contributed by atoms with Gasteiger partial charge in [-0.3, -0.25) is 10.1 Å². The summed E-state index contributed by atoms with van der Waals surface area (Å²) in [5.41, 5.74) is 0.938. The minimum absolute atomic E-state index is 0.0340. The second-order valence-electron chi connectivity index (χ2n) is 5.92. The highest BCUT2D eigenvalue weighted by Gasteiger charge is 2.16. The average molecular weight is 376 g/mol. The average Bonchev–Trinajstić information content (AvgIpc) is 3.14. The Morgan fingerprint density at radius 1 is 1.27 bits per heavy atom. The lowest BCUT2D eigenvalue weighted by atomic mass is 10.2. The van der Waals surface area contributed by atoms with Crippen molar-refractivity contribution in [1.29, 1.82) is 0 Å². The van der Waals surface area contributed by atoms with Gasteiger partial charge in [0.25, 0.3) is 5.91 Å². The molecule has 1 aliphatic rings. The van der Waals surface area contributed by atoms with Gasteiger partial charge in [-0.1, -0.05) is 17.7 Å². The molecule has 1 amide bonds. The number of rotatable bonds is 4. The molecule has 7 heteroatoms. The van der Waals surface area contributed by atoms with E-state index in [9.17, 15) is 9.18 Å². The zero-order valence-corrected chi connectivity index (χ0v) is 14.8. The monoisotopic (exact) mass is 375 g/mol. The van der Waals surface area contributed by atoms with Crippen LogP contribution < -0.4 is 10.6 Å². The Morgan fingerprint density at radius 3 is 2.77 bits per heavy atom. The first-order valence-corrected chi connectivity index (χ1v) is 8.73. The van der Waals surface area contributed by atoms with E-state index in [1.165, 1.54) is 12.1 Å². The summed E-state index contributed by atoms with van der Waals surface area (Å²) in [6.45, 7) is 1.14. The van der Waals surface area contributed by atoms with Crippen LogP contribution in [0.2, 0.25) is 5.02 Å². The number of anilines is 1. The van der Waals surface area contributed by atoms with E-state index in [1.807, 2.05) is 0 Å². The van der Waals surface area contributed by atoms with E-state index in [2.05, 4.69) is 15.6 Å². The molecule has 1 atom stereocenters. The van der Waals surface area contributed by atoms with Crippen LogP contribution in [0, 0.1) is 5.82 Å². The summed E-state index contributed by atoms with van der Waals surface area (Å²) < 4.78 is 19.0. The molecule has 0 aromatic heterocycles. The topological polar surface area (TPSA) is 62.7 Å². The van der Waals surface area contributed by atoms with Gasteiger partial charge in [-0.05, 0) is 55.3 Å². The molecule has 1 aliphatic heterocycles. The van der Waals surface area contributed by atoms with Gasteiger partial charge in [0.15, 0.2) is 0 Å². The number of carbonyl (C=O) groups excluding carboxylic acids is 1. The smallest absolute Gasteiger partial charge is 0.257 e. The molecule has 2 aromatic carbocycles.